The fraction of sp³-hybridized carbons (Fsp3) is 0.316. The van der Waals surface area contributed by atoms with Gasteiger partial charge in [-0.1, -0.05) is 35.9 Å². The maximum atomic E-state index is 12.4. The van der Waals surface area contributed by atoms with Crippen LogP contribution in [0.25, 0.3) is 0 Å². The van der Waals surface area contributed by atoms with Crippen LogP contribution < -0.4 is 10.0 Å². The molecule has 0 spiro atoms. The highest BCUT2D eigenvalue weighted by molar-refractivity contribution is 7.89. The van der Waals surface area contributed by atoms with Gasteiger partial charge >= 0.3 is 0 Å². The molecule has 8 heteroatoms. The molecule has 0 aromatic heterocycles. The quantitative estimate of drug-likeness (QED) is 0.665. The van der Waals surface area contributed by atoms with Gasteiger partial charge in [-0.05, 0) is 49.2 Å². The zero-order valence-corrected chi connectivity index (χ0v) is 16.8. The van der Waals surface area contributed by atoms with Crippen molar-refractivity contribution >= 4 is 27.5 Å². The van der Waals surface area contributed by atoms with Gasteiger partial charge in [0.25, 0.3) is 0 Å². The maximum Gasteiger partial charge on any atom is 0.241 e. The van der Waals surface area contributed by atoms with Gasteiger partial charge in [-0.15, -0.1) is 0 Å². The Kier molecular flexibility index (Phi) is 7.79. The Morgan fingerprint density at radius 2 is 1.74 bits per heavy atom. The van der Waals surface area contributed by atoms with Gasteiger partial charge in [-0.25, -0.2) is 8.42 Å². The first-order valence-electron chi connectivity index (χ1n) is 8.53. The van der Waals surface area contributed by atoms with Crippen molar-refractivity contribution in [2.45, 2.75) is 37.9 Å². The predicted octanol–water partition coefficient (Wildman–Crippen LogP) is 2.86. The van der Waals surface area contributed by atoms with Crippen LogP contribution in [0, 0.1) is 0 Å². The Morgan fingerprint density at radius 3 is 2.37 bits per heavy atom. The van der Waals surface area contributed by atoms with Crippen molar-refractivity contribution in [2.24, 2.45) is 0 Å². The second-order valence-electron chi connectivity index (χ2n) is 5.92. The number of carbonyl (C=O) groups is 1. The van der Waals surface area contributed by atoms with Gasteiger partial charge < -0.3 is 10.1 Å². The van der Waals surface area contributed by atoms with E-state index < -0.39 is 22.0 Å². The van der Waals surface area contributed by atoms with E-state index in [0.717, 1.165) is 11.1 Å². The molecule has 2 N–H and O–H groups in total. The van der Waals surface area contributed by atoms with Crippen LogP contribution in [0.1, 0.15) is 25.0 Å². The Bertz CT molecular complexity index is 870. The molecule has 0 aliphatic heterocycles. The lowest BCUT2D eigenvalue weighted by molar-refractivity contribution is -0.122. The minimum atomic E-state index is -3.81. The summed E-state index contributed by atoms with van der Waals surface area (Å²) in [6.07, 6.45) is 0. The van der Waals surface area contributed by atoms with Crippen molar-refractivity contribution in [2.75, 3.05) is 6.61 Å². The SMILES string of the molecule is CCOCc1ccccc1CNC(=O)[C@H](C)NS(=O)(=O)c1ccc(Cl)cc1. The zero-order chi connectivity index (χ0) is 19.9. The monoisotopic (exact) mass is 410 g/mol. The van der Waals surface area contributed by atoms with Gasteiger partial charge in [0, 0.05) is 18.2 Å². The highest BCUT2D eigenvalue weighted by Crippen LogP contribution is 2.14. The summed E-state index contributed by atoms with van der Waals surface area (Å²) in [7, 11) is -3.81. The van der Waals surface area contributed by atoms with Gasteiger partial charge in [0.15, 0.2) is 0 Å². The average Bonchev–Trinajstić information content (AvgIpc) is 2.65. The number of benzene rings is 2. The Balaban J connectivity index is 1.97. The van der Waals surface area contributed by atoms with Crippen LogP contribution in [0.15, 0.2) is 53.4 Å². The third kappa shape index (κ3) is 6.32. The number of sulfonamides is 1. The molecule has 27 heavy (non-hydrogen) atoms. The third-order valence-electron chi connectivity index (χ3n) is 3.88. The fourth-order valence-corrected chi connectivity index (χ4v) is 3.72. The summed E-state index contributed by atoms with van der Waals surface area (Å²) < 4.78 is 32.5. The first-order valence-corrected chi connectivity index (χ1v) is 10.4. The van der Waals surface area contributed by atoms with E-state index in [1.165, 1.54) is 31.2 Å². The number of hydrogen-bond acceptors (Lipinski definition) is 4. The number of amides is 1. The average molecular weight is 411 g/mol. The molecule has 0 aliphatic rings. The molecular weight excluding hydrogens is 388 g/mol. The number of rotatable bonds is 9. The molecule has 0 unspecified atom stereocenters. The molecule has 0 heterocycles. The third-order valence-corrected chi connectivity index (χ3v) is 5.69. The van der Waals surface area contributed by atoms with E-state index in [9.17, 15) is 13.2 Å². The van der Waals surface area contributed by atoms with E-state index in [0.29, 0.717) is 18.2 Å². The number of halogens is 1. The van der Waals surface area contributed by atoms with E-state index >= 15 is 0 Å². The van der Waals surface area contributed by atoms with Gasteiger partial charge in [0.1, 0.15) is 0 Å². The van der Waals surface area contributed by atoms with Crippen molar-refractivity contribution in [3.05, 3.63) is 64.7 Å². The number of ether oxygens (including phenoxy) is 1. The summed E-state index contributed by atoms with van der Waals surface area (Å²) >= 11 is 5.77. The molecule has 6 nitrogen and oxygen atoms in total. The summed E-state index contributed by atoms with van der Waals surface area (Å²) in [5, 5.41) is 3.19. The largest absolute Gasteiger partial charge is 0.377 e. The Labute approximate surface area is 164 Å². The molecular formula is C19H23ClN2O4S. The van der Waals surface area contributed by atoms with Crippen molar-refractivity contribution in [1.82, 2.24) is 10.0 Å². The lowest BCUT2D eigenvalue weighted by Crippen LogP contribution is -2.44. The highest BCUT2D eigenvalue weighted by Gasteiger charge is 2.22. The summed E-state index contributed by atoms with van der Waals surface area (Å²) in [6, 6.07) is 12.4. The van der Waals surface area contributed by atoms with Gasteiger partial charge in [0.05, 0.1) is 17.5 Å². The lowest BCUT2D eigenvalue weighted by atomic mass is 10.1. The minimum absolute atomic E-state index is 0.0496. The van der Waals surface area contributed by atoms with Gasteiger partial charge in [-0.2, -0.15) is 4.72 Å². The molecule has 0 fully saturated rings. The van der Waals surface area contributed by atoms with Crippen LogP contribution in [0.2, 0.25) is 5.02 Å². The minimum Gasteiger partial charge on any atom is -0.377 e. The van der Waals surface area contributed by atoms with Crippen LogP contribution in [-0.2, 0) is 32.7 Å². The fourth-order valence-electron chi connectivity index (χ4n) is 2.39. The van der Waals surface area contributed by atoms with Crippen LogP contribution in [0.3, 0.4) is 0 Å². The van der Waals surface area contributed by atoms with E-state index in [1.807, 2.05) is 31.2 Å². The van der Waals surface area contributed by atoms with Crippen LogP contribution in [0.4, 0.5) is 0 Å². The van der Waals surface area contributed by atoms with E-state index in [1.54, 1.807) is 0 Å². The smallest absolute Gasteiger partial charge is 0.241 e. The summed E-state index contributed by atoms with van der Waals surface area (Å²) in [5.74, 6) is -0.418. The normalized spacial score (nSPS) is 12.6. The van der Waals surface area contributed by atoms with Crippen LogP contribution in [0.5, 0.6) is 0 Å². The van der Waals surface area contributed by atoms with Gasteiger partial charge in [-0.3, -0.25) is 4.79 Å². The molecule has 1 atom stereocenters. The molecule has 0 aliphatic carbocycles. The summed E-state index contributed by atoms with van der Waals surface area (Å²) in [4.78, 5) is 12.4. The second-order valence-corrected chi connectivity index (χ2v) is 8.07. The van der Waals surface area contributed by atoms with Crippen molar-refractivity contribution in [3.8, 4) is 0 Å². The van der Waals surface area contributed by atoms with Crippen LogP contribution >= 0.6 is 11.6 Å². The number of carbonyl (C=O) groups excluding carboxylic acids is 1. The lowest BCUT2D eigenvalue weighted by Gasteiger charge is -2.16. The number of hydrogen-bond donors (Lipinski definition) is 2. The first-order chi connectivity index (χ1) is 12.8. The molecule has 0 radical (unpaired) electrons. The second kappa shape index (κ2) is 9.85. The molecule has 2 rings (SSSR count). The predicted molar refractivity (Wildman–Crippen MR) is 105 cm³/mol. The maximum absolute atomic E-state index is 12.4. The van der Waals surface area contributed by atoms with E-state index in [4.69, 9.17) is 16.3 Å². The van der Waals surface area contributed by atoms with Crippen molar-refractivity contribution < 1.29 is 17.9 Å². The van der Waals surface area contributed by atoms with Crippen molar-refractivity contribution in [1.29, 1.82) is 0 Å². The highest BCUT2D eigenvalue weighted by atomic mass is 35.5. The summed E-state index contributed by atoms with van der Waals surface area (Å²) in [5.41, 5.74) is 1.90. The molecule has 146 valence electrons. The summed E-state index contributed by atoms with van der Waals surface area (Å²) in [6.45, 7) is 4.76. The zero-order valence-electron chi connectivity index (χ0n) is 15.2. The molecule has 0 saturated heterocycles. The molecule has 1 amide bonds. The molecule has 2 aromatic carbocycles. The molecule has 0 saturated carbocycles. The first kappa shape index (κ1) is 21.4. The van der Waals surface area contributed by atoms with E-state index in [2.05, 4.69) is 10.0 Å². The number of nitrogens with one attached hydrogen (secondary N) is 2. The molecule has 2 aromatic rings. The Hall–Kier alpha value is -1.93. The molecule has 0 bridgehead atoms. The Morgan fingerprint density at radius 1 is 1.11 bits per heavy atom. The van der Waals surface area contributed by atoms with Crippen LogP contribution in [-0.4, -0.2) is 27.0 Å². The van der Waals surface area contributed by atoms with Crippen molar-refractivity contribution in [3.63, 3.8) is 0 Å². The van der Waals surface area contributed by atoms with E-state index in [-0.39, 0.29) is 11.4 Å². The topological polar surface area (TPSA) is 84.5 Å². The van der Waals surface area contributed by atoms with Gasteiger partial charge in [0.2, 0.25) is 15.9 Å². The standard InChI is InChI=1S/C19H23ClN2O4S/c1-3-26-13-16-7-5-4-6-15(16)12-21-19(23)14(2)22-27(24,25)18-10-8-17(20)9-11-18/h4-11,14,22H,3,12-13H2,1-2H3,(H,21,23)/t14-/m0/s1.